The molecule has 0 saturated carbocycles. The summed E-state index contributed by atoms with van der Waals surface area (Å²) in [7, 11) is 0. The number of benzene rings is 9. The molecule has 0 unspecified atom stereocenters. The van der Waals surface area contributed by atoms with Gasteiger partial charge in [0.2, 0.25) is 0 Å². The van der Waals surface area contributed by atoms with Gasteiger partial charge >= 0.3 is 0 Å². The van der Waals surface area contributed by atoms with E-state index in [0.29, 0.717) is 0 Å². The van der Waals surface area contributed by atoms with E-state index in [0.717, 1.165) is 67.1 Å². The third-order valence-electron chi connectivity index (χ3n) is 15.5. The van der Waals surface area contributed by atoms with E-state index in [-0.39, 0.29) is 21.7 Å². The van der Waals surface area contributed by atoms with E-state index in [4.69, 9.17) is 4.42 Å². The summed E-state index contributed by atoms with van der Waals surface area (Å²) in [6.45, 7) is 27.4. The average Bonchev–Trinajstić information content (AvgIpc) is 4.06. The molecule has 0 spiro atoms. The number of nitrogens with zero attached hydrogens (tertiary/aromatic N) is 3. The first-order valence-electron chi connectivity index (χ1n) is 26.4. The Morgan fingerprint density at radius 3 is 1.38 bits per heavy atom. The van der Waals surface area contributed by atoms with Crippen LogP contribution in [0, 0.1) is 0 Å². The van der Waals surface area contributed by atoms with Crippen LogP contribution < -0.4 is 9.80 Å². The van der Waals surface area contributed by atoms with Crippen LogP contribution in [-0.4, -0.2) is 4.40 Å². The Morgan fingerprint density at radius 1 is 0.338 bits per heavy atom. The topological polar surface area (TPSA) is 24.0 Å². The molecule has 0 amide bonds. The predicted octanol–water partition coefficient (Wildman–Crippen LogP) is 20.5. The molecular formula is C70H67N3O. The normalized spacial score (nSPS) is 12.9. The molecule has 0 aliphatic carbocycles. The number of anilines is 6. The van der Waals surface area contributed by atoms with Gasteiger partial charge in [-0.15, -0.1) is 0 Å². The Hall–Kier alpha value is -7.82. The highest BCUT2D eigenvalue weighted by atomic mass is 16.3. The molecule has 0 radical (unpaired) electrons. The van der Waals surface area contributed by atoms with E-state index in [1.54, 1.807) is 0 Å². The molecule has 0 saturated heterocycles. The number of aromatic nitrogens is 1. The summed E-state index contributed by atoms with van der Waals surface area (Å²) in [4.78, 5) is 4.85. The van der Waals surface area contributed by atoms with Crippen molar-refractivity contribution in [1.29, 1.82) is 0 Å². The van der Waals surface area contributed by atoms with Crippen molar-refractivity contribution in [2.45, 2.75) is 105 Å². The number of rotatable bonds is 7. The molecule has 3 aromatic heterocycles. The van der Waals surface area contributed by atoms with Gasteiger partial charge in [0, 0.05) is 55.7 Å². The van der Waals surface area contributed by atoms with Crippen LogP contribution in [0.25, 0.3) is 71.2 Å². The first-order valence-corrected chi connectivity index (χ1v) is 26.4. The summed E-state index contributed by atoms with van der Waals surface area (Å²) >= 11 is 0. The Balaban J connectivity index is 1.12. The van der Waals surface area contributed by atoms with E-state index >= 15 is 0 Å². The second kappa shape index (κ2) is 16.9. The van der Waals surface area contributed by atoms with Crippen LogP contribution in [0.3, 0.4) is 0 Å². The lowest BCUT2D eigenvalue weighted by molar-refractivity contribution is 0.590. The number of fused-ring (bicyclic) bond motifs is 10. The highest BCUT2D eigenvalue weighted by Crippen LogP contribution is 2.50. The molecule has 0 atom stereocenters. The standard InChI is InChI=1S/C70H67N3O/c1-67(2,3)47-26-31-51(32-27-47)71(53-22-16-20-49(40-53)69(7,8)9)55-30-24-46-39-60-64-63(57(46)42-55)58-38-45(44-18-14-13-15-19-44)25-36-61(58)73(64)65-59-43-56(35-37-62(59)74-66(60)65)72(52-33-28-48(29-34-52)68(4,5)6)54-23-17-21-50(41-54)70(10,11)12/h13-43H,1-12H3. The van der Waals surface area contributed by atoms with Crippen molar-refractivity contribution in [3.05, 3.63) is 210 Å². The Kier molecular flexibility index (Phi) is 10.8. The first-order chi connectivity index (χ1) is 35.2. The molecular weight excluding hydrogens is 899 g/mol. The third kappa shape index (κ3) is 7.98. The van der Waals surface area contributed by atoms with Gasteiger partial charge < -0.3 is 18.6 Å². The Morgan fingerprint density at radius 2 is 0.838 bits per heavy atom. The molecule has 0 aliphatic heterocycles. The van der Waals surface area contributed by atoms with Crippen molar-refractivity contribution in [3.8, 4) is 11.1 Å². The van der Waals surface area contributed by atoms with Crippen molar-refractivity contribution in [3.63, 3.8) is 0 Å². The molecule has 4 nitrogen and oxygen atoms in total. The zero-order valence-corrected chi connectivity index (χ0v) is 45.1. The summed E-state index contributed by atoms with van der Waals surface area (Å²) in [6, 6.07) is 70.4. The van der Waals surface area contributed by atoms with Crippen LogP contribution in [0.4, 0.5) is 34.1 Å². The lowest BCUT2D eigenvalue weighted by Crippen LogP contribution is -2.15. The van der Waals surface area contributed by atoms with Gasteiger partial charge in [0.05, 0.1) is 11.0 Å². The van der Waals surface area contributed by atoms with Crippen LogP contribution in [0.15, 0.2) is 192 Å². The maximum atomic E-state index is 7.10. The number of hydrogen-bond donors (Lipinski definition) is 0. The van der Waals surface area contributed by atoms with Crippen molar-refractivity contribution >= 4 is 94.2 Å². The summed E-state index contributed by atoms with van der Waals surface area (Å²) in [5.41, 5.74) is 19.5. The van der Waals surface area contributed by atoms with Gasteiger partial charge in [-0.3, -0.25) is 0 Å². The quantitative estimate of drug-likeness (QED) is 0.159. The van der Waals surface area contributed by atoms with Crippen LogP contribution in [-0.2, 0) is 21.7 Å². The third-order valence-corrected chi connectivity index (χ3v) is 15.5. The second-order valence-corrected chi connectivity index (χ2v) is 24.8. The first kappa shape index (κ1) is 47.2. The molecule has 12 rings (SSSR count). The van der Waals surface area contributed by atoms with E-state index < -0.39 is 0 Å². The molecule has 12 aromatic rings. The van der Waals surface area contributed by atoms with Gasteiger partial charge in [0.25, 0.3) is 0 Å². The summed E-state index contributed by atoms with van der Waals surface area (Å²) < 4.78 is 9.60. The number of hydrogen-bond acceptors (Lipinski definition) is 3. The fraction of sp³-hybridized carbons (Fsp3) is 0.229. The molecule has 9 aromatic carbocycles. The van der Waals surface area contributed by atoms with Gasteiger partial charge in [-0.1, -0.05) is 174 Å². The highest BCUT2D eigenvalue weighted by molar-refractivity contribution is 6.33. The zero-order valence-electron chi connectivity index (χ0n) is 45.1. The van der Waals surface area contributed by atoms with Crippen LogP contribution >= 0.6 is 0 Å². The van der Waals surface area contributed by atoms with Gasteiger partial charge in [-0.25, -0.2) is 0 Å². The Labute approximate surface area is 436 Å². The van der Waals surface area contributed by atoms with Crippen molar-refractivity contribution < 1.29 is 4.42 Å². The molecule has 3 heterocycles. The monoisotopic (exact) mass is 966 g/mol. The minimum atomic E-state index is -0.0161. The Bertz CT molecular complexity index is 4090. The molecule has 4 heteroatoms. The predicted molar refractivity (Wildman–Crippen MR) is 318 cm³/mol. The summed E-state index contributed by atoms with van der Waals surface area (Å²) in [5.74, 6) is 0. The van der Waals surface area contributed by atoms with Crippen molar-refractivity contribution in [1.82, 2.24) is 4.40 Å². The SMILES string of the molecule is CC(C)(C)c1ccc(N(c2cccc(C(C)(C)C)c2)c2ccc3cc4c5oc6ccc(N(c7ccc(C(C)(C)C)cc7)c7cccc(C(C)(C)C)c7)cc6c5n5c6ccc(-c7ccccc7)cc6c(c3c2)c45)cc1. The largest absolute Gasteiger partial charge is 0.454 e. The maximum absolute atomic E-state index is 7.10. The van der Waals surface area contributed by atoms with Gasteiger partial charge in [-0.05, 0) is 163 Å². The van der Waals surface area contributed by atoms with E-state index in [1.807, 2.05) is 0 Å². The van der Waals surface area contributed by atoms with E-state index in [2.05, 4.69) is 285 Å². The van der Waals surface area contributed by atoms with E-state index in [1.165, 1.54) is 60.4 Å². The highest BCUT2D eigenvalue weighted by Gasteiger charge is 2.28. The molecule has 0 N–H and O–H groups in total. The summed E-state index contributed by atoms with van der Waals surface area (Å²) in [6.07, 6.45) is 0. The summed E-state index contributed by atoms with van der Waals surface area (Å²) in [5, 5.41) is 7.02. The van der Waals surface area contributed by atoms with Crippen molar-refractivity contribution in [2.24, 2.45) is 0 Å². The molecule has 0 bridgehead atoms. The van der Waals surface area contributed by atoms with E-state index in [9.17, 15) is 0 Å². The molecule has 74 heavy (non-hydrogen) atoms. The lowest BCUT2D eigenvalue weighted by atomic mass is 9.86. The second-order valence-electron chi connectivity index (χ2n) is 24.8. The molecule has 0 aliphatic rings. The fourth-order valence-corrected chi connectivity index (χ4v) is 11.2. The number of furan rings is 1. The van der Waals surface area contributed by atoms with Gasteiger partial charge in [0.1, 0.15) is 11.1 Å². The minimum absolute atomic E-state index is 0.0144. The average molecular weight is 966 g/mol. The maximum Gasteiger partial charge on any atom is 0.161 e. The van der Waals surface area contributed by atoms with Crippen LogP contribution in [0.2, 0.25) is 0 Å². The van der Waals surface area contributed by atoms with Crippen LogP contribution in [0.5, 0.6) is 0 Å². The van der Waals surface area contributed by atoms with Crippen molar-refractivity contribution in [2.75, 3.05) is 9.80 Å². The van der Waals surface area contributed by atoms with Crippen LogP contribution in [0.1, 0.15) is 105 Å². The lowest BCUT2D eigenvalue weighted by Gasteiger charge is -2.29. The minimum Gasteiger partial charge on any atom is -0.454 e. The molecule has 368 valence electrons. The van der Waals surface area contributed by atoms with Gasteiger partial charge in [-0.2, -0.15) is 0 Å². The smallest absolute Gasteiger partial charge is 0.161 e. The fourth-order valence-electron chi connectivity index (χ4n) is 11.2. The van der Waals surface area contributed by atoms with Gasteiger partial charge in [0.15, 0.2) is 5.58 Å². The zero-order chi connectivity index (χ0) is 51.6. The molecule has 0 fully saturated rings.